The number of phenols is 2. The lowest BCUT2D eigenvalue weighted by Crippen LogP contribution is -2.21. The standard InChI is InChI=1S/C19H16ClNO3S.C18H20N2O2S.C18H15NO2S.C16H13NO2S2.C15H11NO2S2.C14H9NO2S2/c1-23-15-9-14(10-16(11-15)24-2)21-19(22)18-8-7-17(25-18)12-3-5-13(20)6-4-12;21-15-7-6-14(9-15)17(22)20-18-19-16(10-23-18)13-5-4-11-2-1-3-12(11)8-13;1-12-3-2-4-14(11-12)19-18(21)17-10-9-16(22-17)13-5-7-15(20)8-6-13;1-19-13-4-2-12(3-5-13)17-16(18)15-7-6-14(21-15)11-8-9-20-10-11;17-12-3-1-2-11(8-12)16-15(18)14-5-4-13(20-14)10-6-7-19-9-10;16-14(17-11-3-6-15-7-4-11)13-2-1-12(19-13)10-5-8-18-9-10/h3-11H,1-2H3,(H,21,22);4-5,8,10,14-15,21H,1-3,6-7,9H2,(H,19,20,22);2-11,20H,1H3,(H,19,21);2-10H,1H3,(H,17,18);1-9,17H,(H,16,18);1-9H. The fourth-order valence-electron chi connectivity index (χ4n) is 13.3. The van der Waals surface area contributed by atoms with Crippen molar-refractivity contribution in [2.75, 3.05) is 47.9 Å². The highest BCUT2D eigenvalue weighted by atomic mass is 35.5. The summed E-state index contributed by atoms with van der Waals surface area (Å²) in [7, 11) is 4.75. The van der Waals surface area contributed by atoms with Crippen molar-refractivity contribution in [2.45, 2.75) is 51.6 Å². The van der Waals surface area contributed by atoms with Crippen LogP contribution < -0.4 is 45.5 Å². The number of aliphatic hydroxyl groups excluding tert-OH is 1. The number of fused-ring (bicyclic) bond motifs is 1. The number of aryl methyl sites for hydroxylation is 3. The predicted molar refractivity (Wildman–Crippen MR) is 533 cm³/mol. The molecule has 1 fully saturated rings. The van der Waals surface area contributed by atoms with Gasteiger partial charge in [-0.15, -0.1) is 68.0 Å². The monoisotopic (exact) mass is 1910 g/mol. The Morgan fingerprint density at radius 1 is 0.408 bits per heavy atom. The van der Waals surface area contributed by atoms with Gasteiger partial charge in [0.2, 0.25) is 5.91 Å². The number of nitrogens with one attached hydrogen (secondary N) is 5. The van der Waals surface area contributed by atoms with Gasteiger partial charge in [0, 0.05) is 122 Å². The van der Waals surface area contributed by atoms with Crippen molar-refractivity contribution in [3.05, 3.63) is 345 Å². The second-order valence-corrected chi connectivity index (χ2v) is 38.1. The molecule has 2 aliphatic carbocycles. The maximum Gasteiger partial charge on any atom is 0.353 e. The summed E-state index contributed by atoms with van der Waals surface area (Å²) in [6.07, 6.45) is 8.47. The van der Waals surface area contributed by atoms with Crippen LogP contribution in [0.15, 0.2) is 299 Å². The molecular weight excluding hydrogens is 1830 g/mol. The molecule has 658 valence electrons. The average molecular weight is 1920 g/mol. The molecule has 0 saturated heterocycles. The number of phenolic OH excluding ortho intramolecular Hbond substituents is 2. The van der Waals surface area contributed by atoms with Crippen LogP contribution in [-0.2, 0) is 17.6 Å². The van der Waals surface area contributed by atoms with Crippen LogP contribution >= 0.6 is 114 Å². The lowest BCUT2D eigenvalue weighted by molar-refractivity contribution is -0.119. The van der Waals surface area contributed by atoms with Crippen molar-refractivity contribution < 1.29 is 63.0 Å². The summed E-state index contributed by atoms with van der Waals surface area (Å²) in [6.45, 7) is 1.99. The zero-order valence-corrected chi connectivity index (χ0v) is 78.2. The minimum atomic E-state index is -0.335. The second-order valence-electron chi connectivity index (χ2n) is 29.1. The number of aromatic nitrogens is 2. The van der Waals surface area contributed by atoms with Crippen molar-refractivity contribution in [1.29, 1.82) is 0 Å². The molecule has 1 saturated carbocycles. The summed E-state index contributed by atoms with van der Waals surface area (Å²) in [5.41, 5.74) is 14.2. The smallest absolute Gasteiger partial charge is 0.353 e. The van der Waals surface area contributed by atoms with Gasteiger partial charge in [-0.25, -0.2) is 9.78 Å². The van der Waals surface area contributed by atoms with E-state index in [0.717, 1.165) is 105 Å². The number of ether oxygens (including phenoxy) is 4. The highest BCUT2D eigenvalue weighted by Crippen LogP contribution is 2.39. The number of rotatable bonds is 21. The normalized spacial score (nSPS) is 12.6. The molecule has 5 amide bonds. The molecular formula is C100H84ClN7O13S9. The van der Waals surface area contributed by atoms with E-state index in [4.69, 9.17) is 30.5 Å². The zero-order valence-electron chi connectivity index (χ0n) is 70.1. The Labute approximate surface area is 791 Å². The van der Waals surface area contributed by atoms with E-state index < -0.39 is 0 Å². The van der Waals surface area contributed by atoms with Gasteiger partial charge in [0.25, 0.3) is 23.6 Å². The molecule has 10 aromatic heterocycles. The summed E-state index contributed by atoms with van der Waals surface area (Å²) in [5.74, 6) is 1.88. The number of hydrogen-bond donors (Lipinski definition) is 8. The van der Waals surface area contributed by atoms with Crippen molar-refractivity contribution >= 4 is 177 Å². The van der Waals surface area contributed by atoms with Crippen LogP contribution in [-0.4, -0.2) is 88.2 Å². The van der Waals surface area contributed by atoms with Crippen LogP contribution in [0.4, 0.5) is 27.9 Å². The van der Waals surface area contributed by atoms with Gasteiger partial charge in [-0.05, 0) is 288 Å². The van der Waals surface area contributed by atoms with Crippen molar-refractivity contribution in [3.63, 3.8) is 0 Å². The second kappa shape index (κ2) is 45.8. The highest BCUT2D eigenvalue weighted by molar-refractivity contribution is 7.19. The van der Waals surface area contributed by atoms with E-state index in [-0.39, 0.29) is 59.0 Å². The number of thiophene rings is 8. The molecule has 20 nitrogen and oxygen atoms in total. The third-order valence-corrected chi connectivity index (χ3v) is 28.6. The van der Waals surface area contributed by atoms with Crippen molar-refractivity contribution in [2.24, 2.45) is 5.92 Å². The molecule has 2 atom stereocenters. The van der Waals surface area contributed by atoms with E-state index in [2.05, 4.69) is 77.0 Å². The number of esters is 1. The number of pyridine rings is 1. The first kappa shape index (κ1) is 93.1. The van der Waals surface area contributed by atoms with Gasteiger partial charge >= 0.3 is 5.97 Å². The maximum absolute atomic E-state index is 12.5. The Morgan fingerprint density at radius 2 is 0.885 bits per heavy atom. The van der Waals surface area contributed by atoms with Crippen LogP contribution in [0.3, 0.4) is 0 Å². The Hall–Kier alpha value is -13.0. The minimum absolute atomic E-state index is 0.0172. The van der Waals surface area contributed by atoms with Crippen LogP contribution in [0.2, 0.25) is 5.02 Å². The van der Waals surface area contributed by atoms with Gasteiger partial charge in [0.15, 0.2) is 5.13 Å². The number of anilines is 5. The summed E-state index contributed by atoms with van der Waals surface area (Å²) < 4.78 is 20.8. The summed E-state index contributed by atoms with van der Waals surface area (Å²) in [6, 6.07) is 76.1. The zero-order chi connectivity index (χ0) is 90.8. The molecule has 7 aromatic carbocycles. The number of hydrogen-bond acceptors (Lipinski definition) is 24. The fraction of sp³-hybridized carbons (Fsp3) is 0.120. The molecule has 0 aliphatic heterocycles. The first-order valence-electron chi connectivity index (χ1n) is 40.5. The van der Waals surface area contributed by atoms with Crippen LogP contribution in [0.5, 0.6) is 34.5 Å². The van der Waals surface area contributed by atoms with E-state index in [1.54, 1.807) is 141 Å². The maximum atomic E-state index is 12.5. The molecule has 19 rings (SSSR count). The van der Waals surface area contributed by atoms with Gasteiger partial charge < -0.3 is 60.9 Å². The molecule has 0 bridgehead atoms. The first-order valence-corrected chi connectivity index (χ1v) is 48.7. The third-order valence-electron chi connectivity index (χ3n) is 19.9. The van der Waals surface area contributed by atoms with Gasteiger partial charge in [0.05, 0.1) is 52.6 Å². The molecule has 0 radical (unpaired) electrons. The lowest BCUT2D eigenvalue weighted by Gasteiger charge is -2.09. The predicted octanol–water partition coefficient (Wildman–Crippen LogP) is 26.7. The minimum Gasteiger partial charge on any atom is -0.508 e. The average Bonchev–Trinajstić information content (AvgIpc) is 1.66. The van der Waals surface area contributed by atoms with Gasteiger partial charge in [-0.1, -0.05) is 54.1 Å². The quantitative estimate of drug-likeness (QED) is 0.0310. The molecule has 17 aromatic rings. The van der Waals surface area contributed by atoms with E-state index >= 15 is 0 Å². The molecule has 8 N–H and O–H groups in total. The molecule has 10 heterocycles. The Morgan fingerprint density at radius 3 is 1.38 bits per heavy atom. The molecule has 2 aliphatic rings. The molecule has 0 spiro atoms. The summed E-state index contributed by atoms with van der Waals surface area (Å²) >= 11 is 19.5. The van der Waals surface area contributed by atoms with Crippen LogP contribution in [0.1, 0.15) is 90.7 Å². The lowest BCUT2D eigenvalue weighted by atomic mass is 10.1. The van der Waals surface area contributed by atoms with Crippen molar-refractivity contribution in [3.8, 4) is 98.0 Å². The number of carbonyl (C=O) groups excluding carboxylic acids is 6. The van der Waals surface area contributed by atoms with E-state index in [0.29, 0.717) is 69.6 Å². The Kier molecular flexibility index (Phi) is 32.8. The van der Waals surface area contributed by atoms with Crippen LogP contribution in [0, 0.1) is 12.8 Å². The largest absolute Gasteiger partial charge is 0.508 e. The summed E-state index contributed by atoms with van der Waals surface area (Å²) in [4.78, 5) is 90.2. The van der Waals surface area contributed by atoms with E-state index in [1.807, 2.05) is 174 Å². The number of thiazole rings is 1. The van der Waals surface area contributed by atoms with E-state index in [1.165, 1.54) is 98.1 Å². The number of halogens is 1. The molecule has 130 heavy (non-hydrogen) atoms. The number of amides is 5. The molecule has 30 heteroatoms. The highest BCUT2D eigenvalue weighted by Gasteiger charge is 2.30. The third kappa shape index (κ3) is 26.4. The Balaban J connectivity index is 0.000000126. The first-order chi connectivity index (χ1) is 63.2. The number of benzene rings is 7. The number of aromatic hydroxyl groups is 2. The number of carbonyl (C=O) groups is 6. The van der Waals surface area contributed by atoms with Crippen LogP contribution in [0.25, 0.3) is 63.5 Å². The van der Waals surface area contributed by atoms with Gasteiger partial charge in [0.1, 0.15) is 39.4 Å². The fourth-order valence-corrected chi connectivity index (χ4v) is 20.8. The Bertz CT molecular complexity index is 6600. The number of methoxy groups -OCH3 is 3. The number of nitrogens with zero attached hydrogens (tertiary/aromatic N) is 2. The van der Waals surface area contributed by atoms with Gasteiger partial charge in [-0.2, -0.15) is 34.0 Å². The number of aliphatic hydroxyl groups is 1. The SMILES string of the molecule is COc1cc(NC(=O)c2ccc(-c3ccc(Cl)cc3)s2)cc(OC)c1.COc1ccc(NC(=O)c2ccc(-c3ccsc3)s2)cc1.Cc1cccc(NC(=O)c2ccc(-c3ccc(O)cc3)s2)c1.O=C(Nc1cccc(O)c1)c1ccc(-c2ccsc2)s1.O=C(Nc1nc(-c2ccc3c(c2)CCC3)cs1)C1CCC(O)C1.O=C(Oc1ccncc1)c1ccc(-c2ccsc2)s1. The van der Waals surface area contributed by atoms with Crippen molar-refractivity contribution in [1.82, 2.24) is 9.97 Å². The molecule has 2 unspecified atom stereocenters. The van der Waals surface area contributed by atoms with E-state index in [9.17, 15) is 44.1 Å². The topological polar surface area (TPSA) is 286 Å². The van der Waals surface area contributed by atoms with Gasteiger partial charge in [-0.3, -0.25) is 29.0 Å². The summed E-state index contributed by atoms with van der Waals surface area (Å²) in [5, 5.41) is 58.2.